The van der Waals surface area contributed by atoms with Gasteiger partial charge < -0.3 is 9.64 Å². The largest absolute Gasteiger partial charge is 0.495 e. The van der Waals surface area contributed by atoms with Crippen LogP contribution in [0.4, 0.5) is 0 Å². The van der Waals surface area contributed by atoms with Gasteiger partial charge in [-0.25, -0.2) is 17.7 Å². The second kappa shape index (κ2) is 13.7. The van der Waals surface area contributed by atoms with Crippen molar-refractivity contribution in [1.82, 2.24) is 19.2 Å². The number of thiazole rings is 1. The maximum absolute atomic E-state index is 14.0. The molecule has 41 heavy (non-hydrogen) atoms. The fraction of sp³-hybridized carbons (Fsp3) is 0.429. The molecule has 0 spiro atoms. The summed E-state index contributed by atoms with van der Waals surface area (Å²) in [6.07, 6.45) is 4.57. The molecular formula is C28H34BrClN4O5S2. The number of hydrogen-bond donors (Lipinski definition) is 0. The van der Waals surface area contributed by atoms with Crippen LogP contribution in [0.5, 0.6) is 5.75 Å². The third kappa shape index (κ3) is 7.92. The first kappa shape index (κ1) is 33.1. The molecule has 0 unspecified atom stereocenters. The number of methoxy groups -OCH3 is 1. The lowest BCUT2D eigenvalue weighted by Gasteiger charge is -2.27. The van der Waals surface area contributed by atoms with Gasteiger partial charge in [0.05, 0.1) is 31.0 Å². The van der Waals surface area contributed by atoms with Crippen LogP contribution >= 0.6 is 39.7 Å². The molecule has 1 aliphatic rings. The molecule has 13 heteroatoms. The topological polar surface area (TPSA) is 110 Å². The number of carbonyl (C=O) groups is 2. The van der Waals surface area contributed by atoms with Crippen LogP contribution in [0.2, 0.25) is 0 Å². The highest BCUT2D eigenvalue weighted by Crippen LogP contribution is 2.49. The summed E-state index contributed by atoms with van der Waals surface area (Å²) in [6, 6.07) is 11.8. The Kier molecular flexibility index (Phi) is 11.1. The molecule has 1 saturated carbocycles. The van der Waals surface area contributed by atoms with Crippen molar-refractivity contribution in [3.63, 3.8) is 0 Å². The summed E-state index contributed by atoms with van der Waals surface area (Å²) in [5.74, 6) is -0.590. The van der Waals surface area contributed by atoms with Gasteiger partial charge in [-0.3, -0.25) is 14.6 Å². The lowest BCUT2D eigenvalue weighted by atomic mass is 9.99. The highest BCUT2D eigenvalue weighted by molar-refractivity contribution is 9.10. The highest BCUT2D eigenvalue weighted by atomic mass is 79.9. The molecule has 0 atom stereocenters. The molecule has 0 radical (unpaired) electrons. The lowest BCUT2D eigenvalue weighted by molar-refractivity contribution is -0.134. The minimum absolute atomic E-state index is 0. The number of ether oxygens (including phenoxy) is 1. The zero-order valence-electron chi connectivity index (χ0n) is 23.4. The smallest absolute Gasteiger partial charge is 0.235 e. The molecule has 0 aliphatic heterocycles. The second-order valence-electron chi connectivity index (χ2n) is 10.1. The van der Waals surface area contributed by atoms with Crippen LogP contribution in [-0.4, -0.2) is 72.8 Å². The van der Waals surface area contributed by atoms with E-state index in [4.69, 9.17) is 4.74 Å². The molecule has 1 amide bonds. The van der Waals surface area contributed by atoms with E-state index in [1.54, 1.807) is 25.1 Å². The SMILES string of the molecule is COc1ccc(C2(C(=O)N(CCCc3cccc(Br)c3)Cc3nc(C(=O)CS(=O)(=O)N(C)C)c(C)s3)CC2)nc1.Cl. The van der Waals surface area contributed by atoms with E-state index in [0.29, 0.717) is 35.0 Å². The lowest BCUT2D eigenvalue weighted by Crippen LogP contribution is -2.40. The number of amides is 1. The molecule has 0 bridgehead atoms. The number of pyridine rings is 1. The second-order valence-corrected chi connectivity index (χ2v) is 14.5. The molecule has 4 rings (SSSR count). The van der Waals surface area contributed by atoms with E-state index in [1.165, 1.54) is 31.0 Å². The summed E-state index contributed by atoms with van der Waals surface area (Å²) in [6.45, 7) is 2.48. The minimum Gasteiger partial charge on any atom is -0.495 e. The van der Waals surface area contributed by atoms with Gasteiger partial charge in [0.2, 0.25) is 15.9 Å². The summed E-state index contributed by atoms with van der Waals surface area (Å²) in [5.41, 5.74) is 1.34. The normalized spacial score (nSPS) is 13.9. The summed E-state index contributed by atoms with van der Waals surface area (Å²) in [7, 11) is 0.651. The van der Waals surface area contributed by atoms with Crippen LogP contribution in [0.25, 0.3) is 0 Å². The van der Waals surface area contributed by atoms with E-state index in [2.05, 4.69) is 38.0 Å². The maximum atomic E-state index is 14.0. The first-order chi connectivity index (χ1) is 18.9. The molecule has 1 fully saturated rings. The molecule has 1 aromatic carbocycles. The van der Waals surface area contributed by atoms with E-state index in [-0.39, 0.29) is 30.6 Å². The fourth-order valence-electron chi connectivity index (χ4n) is 4.51. The maximum Gasteiger partial charge on any atom is 0.235 e. The third-order valence-corrected chi connectivity index (χ3v) is 10.2. The number of hydrogen-bond acceptors (Lipinski definition) is 8. The van der Waals surface area contributed by atoms with E-state index in [1.807, 2.05) is 24.3 Å². The van der Waals surface area contributed by atoms with Crippen molar-refractivity contribution in [2.24, 2.45) is 0 Å². The fourth-order valence-corrected chi connectivity index (χ4v) is 6.65. The quantitative estimate of drug-likeness (QED) is 0.238. The summed E-state index contributed by atoms with van der Waals surface area (Å²) >= 11 is 4.83. The van der Waals surface area contributed by atoms with Gasteiger partial charge >= 0.3 is 0 Å². The number of ketones is 1. The van der Waals surface area contributed by atoms with Gasteiger partial charge in [0, 0.05) is 30.0 Å². The van der Waals surface area contributed by atoms with Crippen molar-refractivity contribution < 1.29 is 22.7 Å². The Morgan fingerprint density at radius 2 is 1.90 bits per heavy atom. The van der Waals surface area contributed by atoms with Crippen molar-refractivity contribution in [1.29, 1.82) is 0 Å². The van der Waals surface area contributed by atoms with E-state index in [9.17, 15) is 18.0 Å². The average Bonchev–Trinajstić information content (AvgIpc) is 3.64. The van der Waals surface area contributed by atoms with Crippen molar-refractivity contribution in [2.45, 2.75) is 44.6 Å². The Morgan fingerprint density at radius 3 is 2.49 bits per heavy atom. The monoisotopic (exact) mass is 684 g/mol. The van der Waals surface area contributed by atoms with Gasteiger partial charge in [0.25, 0.3) is 0 Å². The Bertz CT molecular complexity index is 1490. The predicted molar refractivity (Wildman–Crippen MR) is 165 cm³/mol. The molecule has 1 aliphatic carbocycles. The standard InChI is InChI=1S/C28H33BrN4O5S2.ClH/c1-19-26(23(34)18-40(36,37)32(2)3)31-25(39-19)17-33(14-6-8-20-7-5-9-21(29)15-20)27(35)28(12-13-28)24-11-10-22(38-4)16-30-24;/h5,7,9-11,15-16H,6,8,12-14,17-18H2,1-4H3;1H. The Labute approximate surface area is 259 Å². The van der Waals surface area contributed by atoms with Gasteiger partial charge in [-0.05, 0) is 62.4 Å². The van der Waals surface area contributed by atoms with Crippen LogP contribution in [0.3, 0.4) is 0 Å². The van der Waals surface area contributed by atoms with Gasteiger partial charge in [0.15, 0.2) is 5.78 Å². The minimum atomic E-state index is -3.71. The van der Waals surface area contributed by atoms with Crippen molar-refractivity contribution in [3.05, 3.63) is 73.9 Å². The zero-order chi connectivity index (χ0) is 29.1. The van der Waals surface area contributed by atoms with Gasteiger partial charge in [-0.1, -0.05) is 28.1 Å². The van der Waals surface area contributed by atoms with Crippen molar-refractivity contribution in [3.8, 4) is 5.75 Å². The van der Waals surface area contributed by atoms with Crippen LogP contribution in [-0.2, 0) is 33.2 Å². The average molecular weight is 686 g/mol. The number of Topliss-reactive ketones (excluding diaryl/α,β-unsaturated/α-hetero) is 1. The first-order valence-electron chi connectivity index (χ1n) is 12.9. The summed E-state index contributed by atoms with van der Waals surface area (Å²) < 4.78 is 31.8. The molecule has 222 valence electrons. The molecule has 0 saturated heterocycles. The summed E-state index contributed by atoms with van der Waals surface area (Å²) in [4.78, 5) is 38.3. The molecule has 2 aromatic heterocycles. The number of aromatic nitrogens is 2. The highest BCUT2D eigenvalue weighted by Gasteiger charge is 2.54. The molecule has 2 heterocycles. The Morgan fingerprint density at radius 1 is 1.17 bits per heavy atom. The van der Waals surface area contributed by atoms with Gasteiger partial charge in [-0.15, -0.1) is 23.7 Å². The Hall–Kier alpha value is -2.38. The molecule has 0 N–H and O–H groups in total. The number of halogens is 2. The van der Waals surface area contributed by atoms with E-state index >= 15 is 0 Å². The van der Waals surface area contributed by atoms with Crippen molar-refractivity contribution >= 4 is 61.4 Å². The molecule has 3 aromatic rings. The summed E-state index contributed by atoms with van der Waals surface area (Å²) in [5, 5.41) is 0.595. The number of rotatable bonds is 13. The van der Waals surface area contributed by atoms with Gasteiger partial charge in [-0.2, -0.15) is 0 Å². The zero-order valence-corrected chi connectivity index (χ0v) is 27.5. The Balaban J connectivity index is 0.00000462. The van der Waals surface area contributed by atoms with Crippen LogP contribution in [0.15, 0.2) is 47.1 Å². The predicted octanol–water partition coefficient (Wildman–Crippen LogP) is 4.81. The number of carbonyl (C=O) groups excluding carboxylic acids is 2. The number of benzene rings is 1. The van der Waals surface area contributed by atoms with E-state index < -0.39 is 27.0 Å². The van der Waals surface area contributed by atoms with Crippen LogP contribution < -0.4 is 4.74 Å². The molecular weight excluding hydrogens is 652 g/mol. The van der Waals surface area contributed by atoms with Crippen LogP contribution in [0.1, 0.15) is 50.9 Å². The van der Waals surface area contributed by atoms with Crippen LogP contribution in [0, 0.1) is 6.92 Å². The van der Waals surface area contributed by atoms with Crippen molar-refractivity contribution in [2.75, 3.05) is 33.5 Å². The third-order valence-electron chi connectivity index (χ3n) is 6.99. The number of nitrogens with zero attached hydrogens (tertiary/aromatic N) is 4. The van der Waals surface area contributed by atoms with E-state index in [0.717, 1.165) is 27.3 Å². The number of aryl methyl sites for hydroxylation is 2. The first-order valence-corrected chi connectivity index (χ1v) is 16.1. The molecule has 9 nitrogen and oxygen atoms in total. The number of sulfonamides is 1. The van der Waals surface area contributed by atoms with Gasteiger partial charge in [0.1, 0.15) is 22.2 Å².